The maximum atomic E-state index is 11.7. The number of anilines is 2. The van der Waals surface area contributed by atoms with E-state index in [0.717, 1.165) is 25.2 Å². The molecule has 0 spiro atoms. The zero-order valence-electron chi connectivity index (χ0n) is 10.9. The monoisotopic (exact) mass is 271 g/mol. The van der Waals surface area contributed by atoms with E-state index >= 15 is 0 Å². The van der Waals surface area contributed by atoms with Crippen LogP contribution in [-0.2, 0) is 10.0 Å². The standard InChI is InChI=1S/C12H21N3O2S/c1-3-5-9-18(16,17)15-11-6-7-12(14-10-11)13-8-4-2/h6-7,10,15H,3-5,8-9H2,1-2H3,(H,13,14). The molecule has 0 unspecified atom stereocenters. The molecule has 0 radical (unpaired) electrons. The Bertz CT molecular complexity index is 443. The molecule has 1 heterocycles. The molecule has 5 nitrogen and oxygen atoms in total. The molecule has 0 amide bonds. The van der Waals surface area contributed by atoms with Gasteiger partial charge in [0.05, 0.1) is 17.6 Å². The van der Waals surface area contributed by atoms with E-state index in [-0.39, 0.29) is 5.75 Å². The van der Waals surface area contributed by atoms with Crippen LogP contribution in [0.2, 0.25) is 0 Å². The summed E-state index contributed by atoms with van der Waals surface area (Å²) in [5, 5.41) is 3.13. The first kappa shape index (κ1) is 14.8. The first-order valence-corrected chi connectivity index (χ1v) is 7.93. The van der Waals surface area contributed by atoms with Crippen LogP contribution in [-0.4, -0.2) is 25.7 Å². The predicted molar refractivity (Wildman–Crippen MR) is 75.3 cm³/mol. The van der Waals surface area contributed by atoms with E-state index in [9.17, 15) is 8.42 Å². The van der Waals surface area contributed by atoms with Gasteiger partial charge in [0.15, 0.2) is 0 Å². The molecule has 0 fully saturated rings. The highest BCUT2D eigenvalue weighted by atomic mass is 32.2. The molecule has 2 N–H and O–H groups in total. The number of hydrogen-bond acceptors (Lipinski definition) is 4. The first-order valence-electron chi connectivity index (χ1n) is 6.28. The van der Waals surface area contributed by atoms with Crippen molar-refractivity contribution in [2.75, 3.05) is 22.3 Å². The van der Waals surface area contributed by atoms with E-state index in [1.807, 2.05) is 6.92 Å². The van der Waals surface area contributed by atoms with Gasteiger partial charge in [-0.2, -0.15) is 0 Å². The van der Waals surface area contributed by atoms with Crippen LogP contribution in [0.1, 0.15) is 33.1 Å². The molecule has 0 saturated heterocycles. The summed E-state index contributed by atoms with van der Waals surface area (Å²) in [6, 6.07) is 3.49. The van der Waals surface area contributed by atoms with Gasteiger partial charge < -0.3 is 5.32 Å². The highest BCUT2D eigenvalue weighted by molar-refractivity contribution is 7.92. The molecule has 1 rings (SSSR count). The average molecular weight is 271 g/mol. The van der Waals surface area contributed by atoms with Gasteiger partial charge in [-0.3, -0.25) is 4.72 Å². The van der Waals surface area contributed by atoms with Crippen LogP contribution >= 0.6 is 0 Å². The Labute approximate surface area is 109 Å². The lowest BCUT2D eigenvalue weighted by Gasteiger charge is -2.08. The summed E-state index contributed by atoms with van der Waals surface area (Å²) in [5.74, 6) is 0.910. The Morgan fingerprint density at radius 1 is 1.22 bits per heavy atom. The van der Waals surface area contributed by atoms with Crippen LogP contribution in [0.25, 0.3) is 0 Å². The van der Waals surface area contributed by atoms with Gasteiger partial charge in [0, 0.05) is 6.54 Å². The molecule has 1 aromatic rings. The molecule has 0 aromatic carbocycles. The third kappa shape index (κ3) is 5.35. The third-order valence-corrected chi connectivity index (χ3v) is 3.73. The van der Waals surface area contributed by atoms with Crippen LogP contribution < -0.4 is 10.0 Å². The van der Waals surface area contributed by atoms with Crippen LogP contribution in [0.15, 0.2) is 18.3 Å². The van der Waals surface area contributed by atoms with Crippen molar-refractivity contribution < 1.29 is 8.42 Å². The quantitative estimate of drug-likeness (QED) is 0.762. The number of pyridine rings is 1. The van der Waals surface area contributed by atoms with Gasteiger partial charge in [0.25, 0.3) is 0 Å². The summed E-state index contributed by atoms with van der Waals surface area (Å²) < 4.78 is 25.8. The van der Waals surface area contributed by atoms with E-state index < -0.39 is 10.0 Å². The van der Waals surface area contributed by atoms with Crippen LogP contribution in [0.3, 0.4) is 0 Å². The minimum atomic E-state index is -3.24. The SMILES string of the molecule is CCCCS(=O)(=O)Nc1ccc(NCCC)nc1. The second kappa shape index (κ2) is 7.20. The van der Waals surface area contributed by atoms with Crippen molar-refractivity contribution >= 4 is 21.5 Å². The lowest BCUT2D eigenvalue weighted by Crippen LogP contribution is -2.16. The minimum absolute atomic E-state index is 0.152. The Kier molecular flexibility index (Phi) is 5.91. The van der Waals surface area contributed by atoms with Crippen LogP contribution in [0.5, 0.6) is 0 Å². The molecule has 0 aliphatic carbocycles. The van der Waals surface area contributed by atoms with Crippen molar-refractivity contribution in [2.45, 2.75) is 33.1 Å². The topological polar surface area (TPSA) is 71.1 Å². The normalized spacial score (nSPS) is 11.2. The smallest absolute Gasteiger partial charge is 0.232 e. The predicted octanol–water partition coefficient (Wildman–Crippen LogP) is 2.45. The molecular formula is C12H21N3O2S. The Morgan fingerprint density at radius 3 is 2.56 bits per heavy atom. The zero-order chi connectivity index (χ0) is 13.4. The zero-order valence-corrected chi connectivity index (χ0v) is 11.8. The number of hydrogen-bond donors (Lipinski definition) is 2. The van der Waals surface area contributed by atoms with Crippen molar-refractivity contribution in [2.24, 2.45) is 0 Å². The van der Waals surface area contributed by atoms with Crippen molar-refractivity contribution in [3.05, 3.63) is 18.3 Å². The number of nitrogens with one attached hydrogen (secondary N) is 2. The fourth-order valence-electron chi connectivity index (χ4n) is 1.38. The number of aromatic nitrogens is 1. The Hall–Kier alpha value is -1.30. The molecular weight excluding hydrogens is 250 g/mol. The Morgan fingerprint density at radius 2 is 2.00 bits per heavy atom. The van der Waals surface area contributed by atoms with Crippen molar-refractivity contribution in [1.82, 2.24) is 4.98 Å². The van der Waals surface area contributed by atoms with Gasteiger partial charge in [0.1, 0.15) is 5.82 Å². The molecule has 6 heteroatoms. The number of nitrogens with zero attached hydrogens (tertiary/aromatic N) is 1. The fourth-order valence-corrected chi connectivity index (χ4v) is 2.63. The van der Waals surface area contributed by atoms with Gasteiger partial charge in [-0.1, -0.05) is 20.3 Å². The molecule has 0 saturated carbocycles. The summed E-state index contributed by atoms with van der Waals surface area (Å²) in [4.78, 5) is 4.14. The maximum Gasteiger partial charge on any atom is 0.232 e. The van der Waals surface area contributed by atoms with E-state index in [2.05, 4.69) is 21.9 Å². The largest absolute Gasteiger partial charge is 0.370 e. The van der Waals surface area contributed by atoms with Gasteiger partial charge in [-0.15, -0.1) is 0 Å². The second-order valence-electron chi connectivity index (χ2n) is 4.13. The van der Waals surface area contributed by atoms with Crippen molar-refractivity contribution in [3.63, 3.8) is 0 Å². The lowest BCUT2D eigenvalue weighted by atomic mass is 10.4. The number of sulfonamides is 1. The minimum Gasteiger partial charge on any atom is -0.370 e. The van der Waals surface area contributed by atoms with E-state index in [1.54, 1.807) is 12.1 Å². The first-order chi connectivity index (χ1) is 8.57. The van der Waals surface area contributed by atoms with E-state index in [1.165, 1.54) is 6.20 Å². The van der Waals surface area contributed by atoms with Crippen LogP contribution in [0, 0.1) is 0 Å². The van der Waals surface area contributed by atoms with Gasteiger partial charge in [-0.05, 0) is 25.0 Å². The number of rotatable bonds is 8. The fraction of sp³-hybridized carbons (Fsp3) is 0.583. The summed E-state index contributed by atoms with van der Waals surface area (Å²) >= 11 is 0. The molecule has 0 atom stereocenters. The molecule has 102 valence electrons. The maximum absolute atomic E-state index is 11.7. The molecule has 0 aliphatic rings. The summed E-state index contributed by atoms with van der Waals surface area (Å²) in [6.07, 6.45) is 4.08. The average Bonchev–Trinajstić information content (AvgIpc) is 2.35. The highest BCUT2D eigenvalue weighted by Gasteiger charge is 2.09. The molecule has 18 heavy (non-hydrogen) atoms. The highest BCUT2D eigenvalue weighted by Crippen LogP contribution is 2.12. The van der Waals surface area contributed by atoms with Crippen LogP contribution in [0.4, 0.5) is 11.5 Å². The van der Waals surface area contributed by atoms with Gasteiger partial charge >= 0.3 is 0 Å². The Balaban J connectivity index is 2.57. The lowest BCUT2D eigenvalue weighted by molar-refractivity contribution is 0.598. The third-order valence-electron chi connectivity index (χ3n) is 2.36. The molecule has 0 bridgehead atoms. The molecule has 1 aromatic heterocycles. The van der Waals surface area contributed by atoms with E-state index in [4.69, 9.17) is 0 Å². The summed E-state index contributed by atoms with van der Waals surface area (Å²) in [7, 11) is -3.24. The van der Waals surface area contributed by atoms with Gasteiger partial charge in [-0.25, -0.2) is 13.4 Å². The van der Waals surface area contributed by atoms with E-state index in [0.29, 0.717) is 12.1 Å². The summed E-state index contributed by atoms with van der Waals surface area (Å²) in [5.41, 5.74) is 0.508. The molecule has 0 aliphatic heterocycles. The second-order valence-corrected chi connectivity index (χ2v) is 5.98. The van der Waals surface area contributed by atoms with Crippen molar-refractivity contribution in [3.8, 4) is 0 Å². The summed E-state index contributed by atoms with van der Waals surface area (Å²) in [6.45, 7) is 4.89. The number of unbranched alkanes of at least 4 members (excludes halogenated alkanes) is 1. The van der Waals surface area contributed by atoms with Crippen molar-refractivity contribution in [1.29, 1.82) is 0 Å². The van der Waals surface area contributed by atoms with Gasteiger partial charge in [0.2, 0.25) is 10.0 Å².